The number of phenolic OH excluding ortho intramolecular Hbond substituents is 1. The van der Waals surface area contributed by atoms with Crippen molar-refractivity contribution in [3.63, 3.8) is 0 Å². The van der Waals surface area contributed by atoms with Gasteiger partial charge in [-0.15, -0.1) is 0 Å². The van der Waals surface area contributed by atoms with Crippen LogP contribution in [0.1, 0.15) is 125 Å². The van der Waals surface area contributed by atoms with Crippen LogP contribution in [0.5, 0.6) is 5.75 Å². The lowest BCUT2D eigenvalue weighted by atomic mass is 9.30. The molecule has 5 aliphatic carbocycles. The molecule has 4 nitrogen and oxygen atoms in total. The van der Waals surface area contributed by atoms with Gasteiger partial charge in [-0.3, -0.25) is 4.79 Å². The average molecular weight is 589 g/mol. The van der Waals surface area contributed by atoms with E-state index < -0.39 is 0 Å². The molecule has 0 spiro atoms. The van der Waals surface area contributed by atoms with E-state index >= 15 is 0 Å². The maximum atomic E-state index is 14.7. The third-order valence-electron chi connectivity index (χ3n) is 15.1. The molecule has 10 atom stereocenters. The Kier molecular flexibility index (Phi) is 7.15. The van der Waals surface area contributed by atoms with Gasteiger partial charge >= 0.3 is 5.97 Å². The van der Waals surface area contributed by atoms with Gasteiger partial charge in [-0.05, 0) is 132 Å². The molecule has 0 radical (unpaired) electrons. The van der Waals surface area contributed by atoms with Crippen LogP contribution in [0, 0.1) is 56.2 Å². The quantitative estimate of drug-likeness (QED) is 0.282. The highest BCUT2D eigenvalue weighted by molar-refractivity contribution is 5.87. The van der Waals surface area contributed by atoms with Gasteiger partial charge in [-0.2, -0.15) is 0 Å². The fourth-order valence-corrected chi connectivity index (χ4v) is 12.3. The molecule has 5 fully saturated rings. The van der Waals surface area contributed by atoms with E-state index in [4.69, 9.17) is 4.74 Å². The van der Waals surface area contributed by atoms with E-state index in [0.717, 1.165) is 24.8 Å². The highest BCUT2D eigenvalue weighted by Crippen LogP contribution is 2.77. The summed E-state index contributed by atoms with van der Waals surface area (Å²) < 4.78 is 6.09. The topological polar surface area (TPSA) is 63.6 Å². The van der Waals surface area contributed by atoms with Crippen molar-refractivity contribution in [3.8, 4) is 5.75 Å². The molecule has 0 amide bonds. The van der Waals surface area contributed by atoms with Crippen LogP contribution in [0.4, 0.5) is 0 Å². The number of esters is 1. The number of fused-ring (bicyclic) bond motifs is 7. The van der Waals surface area contributed by atoms with Crippen LogP contribution in [-0.4, -0.2) is 23.0 Å². The summed E-state index contributed by atoms with van der Waals surface area (Å²) in [6, 6.07) is 6.77. The molecule has 0 bridgehead atoms. The van der Waals surface area contributed by atoms with Gasteiger partial charge < -0.3 is 9.84 Å². The van der Waals surface area contributed by atoms with E-state index in [1.807, 2.05) is 0 Å². The van der Waals surface area contributed by atoms with Crippen LogP contribution >= 0.6 is 0 Å². The Morgan fingerprint density at radius 3 is 2.19 bits per heavy atom. The molecule has 5 saturated carbocycles. The second-order valence-electron chi connectivity index (χ2n) is 17.8. The molecule has 0 aliphatic heterocycles. The molecular weight excluding hydrogens is 532 g/mol. The van der Waals surface area contributed by atoms with Crippen LogP contribution < -0.4 is 0 Å². The number of hydrogen-bond acceptors (Lipinski definition) is 4. The lowest BCUT2D eigenvalue weighted by Crippen LogP contribution is -2.70. The lowest BCUT2D eigenvalue weighted by Gasteiger charge is -2.74. The van der Waals surface area contributed by atoms with Crippen molar-refractivity contribution in [2.45, 2.75) is 126 Å². The van der Waals surface area contributed by atoms with Crippen LogP contribution in [0.15, 0.2) is 30.3 Å². The fraction of sp³-hybridized carbons (Fsp3) is 0.744. The Morgan fingerprint density at radius 2 is 1.49 bits per heavy atom. The predicted molar refractivity (Wildman–Crippen MR) is 172 cm³/mol. The van der Waals surface area contributed by atoms with Gasteiger partial charge in [0, 0.05) is 18.4 Å². The second-order valence-corrected chi connectivity index (χ2v) is 17.8. The van der Waals surface area contributed by atoms with E-state index in [2.05, 4.69) is 55.4 Å². The summed E-state index contributed by atoms with van der Waals surface area (Å²) in [6.45, 7) is 19.7. The molecular formula is C39H56O4. The molecule has 1 N–H and O–H groups in total. The Balaban J connectivity index is 1.24. The summed E-state index contributed by atoms with van der Waals surface area (Å²) in [5.41, 5.74) is 1.65. The van der Waals surface area contributed by atoms with Gasteiger partial charge in [0.2, 0.25) is 0 Å². The summed E-state index contributed by atoms with van der Waals surface area (Å²) in [6.07, 6.45) is 14.3. The molecule has 236 valence electrons. The van der Waals surface area contributed by atoms with Crippen molar-refractivity contribution in [2.24, 2.45) is 56.2 Å². The lowest BCUT2D eigenvalue weighted by molar-refractivity contribution is -0.252. The number of benzene rings is 1. The van der Waals surface area contributed by atoms with Crippen molar-refractivity contribution >= 4 is 17.8 Å². The zero-order chi connectivity index (χ0) is 31.2. The minimum Gasteiger partial charge on any atom is -0.508 e. The molecule has 5 aliphatic rings. The number of phenols is 1. The monoisotopic (exact) mass is 588 g/mol. The minimum atomic E-state index is -0.334. The Hall–Kier alpha value is -2.10. The van der Waals surface area contributed by atoms with E-state index in [0.29, 0.717) is 34.9 Å². The predicted octanol–water partition coefficient (Wildman–Crippen LogP) is 9.40. The van der Waals surface area contributed by atoms with E-state index in [1.165, 1.54) is 44.6 Å². The molecule has 0 heterocycles. The molecule has 43 heavy (non-hydrogen) atoms. The van der Waals surface area contributed by atoms with Crippen LogP contribution in [0.25, 0.3) is 6.08 Å². The number of hydrogen-bond donors (Lipinski definition) is 1. The third-order valence-corrected chi connectivity index (χ3v) is 15.1. The number of ether oxygens (including phenoxy) is 1. The fourth-order valence-electron chi connectivity index (χ4n) is 12.3. The first-order valence-electron chi connectivity index (χ1n) is 17.2. The molecule has 0 aromatic heterocycles. The van der Waals surface area contributed by atoms with Crippen molar-refractivity contribution < 1.29 is 19.4 Å². The largest absolute Gasteiger partial charge is 0.508 e. The average Bonchev–Trinajstić information content (AvgIpc) is 2.93. The van der Waals surface area contributed by atoms with Gasteiger partial charge in [0.05, 0.1) is 0 Å². The molecule has 0 unspecified atom stereocenters. The highest BCUT2D eigenvalue weighted by Gasteiger charge is 2.73. The number of carbonyl (C=O) groups excluding carboxylic acids is 2. The first-order chi connectivity index (χ1) is 20.0. The number of aromatic hydroxyl groups is 1. The molecule has 6 rings (SSSR count). The first kappa shape index (κ1) is 30.9. The zero-order valence-electron chi connectivity index (χ0n) is 28.1. The smallest absolute Gasteiger partial charge is 0.331 e. The van der Waals surface area contributed by atoms with Crippen LogP contribution in [0.2, 0.25) is 0 Å². The Morgan fingerprint density at radius 1 is 0.837 bits per heavy atom. The summed E-state index contributed by atoms with van der Waals surface area (Å²) in [5.74, 6) is 1.72. The van der Waals surface area contributed by atoms with Crippen molar-refractivity contribution in [3.05, 3.63) is 35.9 Å². The van der Waals surface area contributed by atoms with E-state index in [9.17, 15) is 14.7 Å². The van der Waals surface area contributed by atoms with E-state index in [-0.39, 0.29) is 51.3 Å². The van der Waals surface area contributed by atoms with Gasteiger partial charge in [0.25, 0.3) is 0 Å². The summed E-state index contributed by atoms with van der Waals surface area (Å²) >= 11 is 0. The zero-order valence-corrected chi connectivity index (χ0v) is 28.1. The third kappa shape index (κ3) is 4.58. The van der Waals surface area contributed by atoms with Crippen LogP contribution in [-0.2, 0) is 14.3 Å². The maximum Gasteiger partial charge on any atom is 0.331 e. The number of Topliss-reactive ketones (excluding diaryl/α,β-unsaturated/α-hetero) is 1. The van der Waals surface area contributed by atoms with E-state index in [1.54, 1.807) is 30.3 Å². The molecule has 0 saturated heterocycles. The minimum absolute atomic E-state index is 0.0156. The van der Waals surface area contributed by atoms with Crippen LogP contribution in [0.3, 0.4) is 0 Å². The first-order valence-corrected chi connectivity index (χ1v) is 17.2. The van der Waals surface area contributed by atoms with Crippen molar-refractivity contribution in [2.75, 3.05) is 0 Å². The SMILES string of the molecule is C[C@H]1[C@H](OC(=O)C=Cc2ccc(O)cc2)CC[C@H]2[C@]3(C)CC[C@@]4(C)[C@@H]5CC(C)(C)CC[C@]5(C)CC[C@]4(C)[C@@H]3C(=O)C[C@@]21C. The van der Waals surface area contributed by atoms with Gasteiger partial charge in [-0.25, -0.2) is 4.79 Å². The van der Waals surface area contributed by atoms with Gasteiger partial charge in [0.15, 0.2) is 0 Å². The molecule has 1 aromatic rings. The highest BCUT2D eigenvalue weighted by atomic mass is 16.5. The summed E-state index contributed by atoms with van der Waals surface area (Å²) in [7, 11) is 0. The number of rotatable bonds is 3. The number of carbonyl (C=O) groups is 2. The summed E-state index contributed by atoms with van der Waals surface area (Å²) in [4.78, 5) is 27.6. The maximum absolute atomic E-state index is 14.7. The standard InChI is InChI=1S/C39H56O4/c1-25-29(43-32(42)16-11-26-9-12-27(40)13-10-26)14-15-30-36(5)20-22-38(7)31-24-34(2,3)17-18-35(31,4)19-21-39(38,8)33(36)28(41)23-37(25,30)6/h9-13,16,25,29-31,33,40H,14-15,17-24H2,1-8H3/t25-,29+,30-,31+,33+,35+,36-,37+,38-,39+/m0/s1. The van der Waals surface area contributed by atoms with Crippen molar-refractivity contribution in [1.82, 2.24) is 0 Å². The Labute approximate surface area is 260 Å². The van der Waals surface area contributed by atoms with Gasteiger partial charge in [-0.1, -0.05) is 67.5 Å². The molecule has 4 heteroatoms. The number of ketones is 1. The van der Waals surface area contributed by atoms with Crippen molar-refractivity contribution in [1.29, 1.82) is 0 Å². The Bertz CT molecular complexity index is 1310. The van der Waals surface area contributed by atoms with Gasteiger partial charge in [0.1, 0.15) is 17.6 Å². The normalized spacial score (nSPS) is 47.2. The summed E-state index contributed by atoms with van der Waals surface area (Å²) in [5, 5.41) is 9.53. The second kappa shape index (κ2) is 9.95. The molecule has 1 aromatic carbocycles.